The minimum absolute atomic E-state index is 0.0281. The largest absolute Gasteiger partial charge is 0.598 e. The molecule has 1 rings (SSSR count). The number of aliphatic carboxylic acids is 1. The third kappa shape index (κ3) is 4.54. The van der Waals surface area contributed by atoms with Crippen molar-refractivity contribution in [2.75, 3.05) is 0 Å². The Morgan fingerprint density at radius 2 is 1.81 bits per heavy atom. The Hall–Kier alpha value is -1.65. The summed E-state index contributed by atoms with van der Waals surface area (Å²) < 4.78 is 84.4. The summed E-state index contributed by atoms with van der Waals surface area (Å²) in [5, 5.41) is 8.56. The molecule has 0 spiro atoms. The van der Waals surface area contributed by atoms with Crippen LogP contribution in [0, 0.1) is 5.82 Å². The maximum atomic E-state index is 14.8. The fourth-order valence-corrected chi connectivity index (χ4v) is 2.93. The second kappa shape index (κ2) is 7.93. The summed E-state index contributed by atoms with van der Waals surface area (Å²) in [4.78, 5) is 10.6. The lowest BCUT2D eigenvalue weighted by molar-refractivity contribution is -0.132. The SMILES string of the molecule is CC(C)(C)[S@@+]([O-])NC(c1ccccc1F)(C(F)F)C(F)(F)C=CC(=O)O. The smallest absolute Gasteiger partial charge is 0.328 e. The first-order valence-corrected chi connectivity index (χ1v) is 8.43. The second-order valence-corrected chi connectivity index (χ2v) is 8.33. The lowest BCUT2D eigenvalue weighted by Gasteiger charge is -2.40. The number of carbonyl (C=O) groups is 1. The van der Waals surface area contributed by atoms with E-state index in [1.54, 1.807) is 4.72 Å². The lowest BCUT2D eigenvalue weighted by Crippen LogP contribution is -2.64. The molecule has 0 heterocycles. The number of alkyl halides is 4. The molecule has 0 saturated heterocycles. The van der Waals surface area contributed by atoms with E-state index in [4.69, 9.17) is 5.11 Å². The molecule has 10 heteroatoms. The van der Waals surface area contributed by atoms with Gasteiger partial charge in [0.05, 0.1) is 0 Å². The van der Waals surface area contributed by atoms with Gasteiger partial charge in [0.25, 0.3) is 12.3 Å². The summed E-state index contributed by atoms with van der Waals surface area (Å²) >= 11 is -2.45. The predicted octanol–water partition coefficient (Wildman–Crippen LogP) is 3.61. The first-order chi connectivity index (χ1) is 11.8. The van der Waals surface area contributed by atoms with Gasteiger partial charge in [-0.2, -0.15) is 8.78 Å². The van der Waals surface area contributed by atoms with E-state index in [-0.39, 0.29) is 12.2 Å². The highest BCUT2D eigenvalue weighted by atomic mass is 32.2. The minimum atomic E-state index is -4.59. The average Bonchev–Trinajstić information content (AvgIpc) is 2.49. The molecule has 1 aromatic rings. The predicted molar refractivity (Wildman–Crippen MR) is 86.8 cm³/mol. The summed E-state index contributed by atoms with van der Waals surface area (Å²) in [5.41, 5.74) is -4.88. The van der Waals surface area contributed by atoms with Crippen LogP contribution in [-0.2, 0) is 21.7 Å². The number of hydrogen-bond donors (Lipinski definition) is 2. The Bertz CT molecular complexity index is 678. The van der Waals surface area contributed by atoms with Crippen molar-refractivity contribution in [3.05, 3.63) is 47.8 Å². The summed E-state index contributed by atoms with van der Waals surface area (Å²) in [6.07, 6.45) is -4.24. The van der Waals surface area contributed by atoms with Crippen molar-refractivity contribution >= 4 is 17.3 Å². The van der Waals surface area contributed by atoms with Crippen molar-refractivity contribution in [2.45, 2.75) is 43.4 Å². The summed E-state index contributed by atoms with van der Waals surface area (Å²) in [5.74, 6) is -7.78. The van der Waals surface area contributed by atoms with Crippen molar-refractivity contribution < 1.29 is 36.4 Å². The number of nitrogens with one attached hydrogen (secondary N) is 1. The van der Waals surface area contributed by atoms with E-state index in [0.29, 0.717) is 12.1 Å². The van der Waals surface area contributed by atoms with Crippen LogP contribution >= 0.6 is 0 Å². The molecule has 2 atom stereocenters. The van der Waals surface area contributed by atoms with Crippen molar-refractivity contribution in [3.63, 3.8) is 0 Å². The van der Waals surface area contributed by atoms with E-state index < -0.39 is 51.3 Å². The van der Waals surface area contributed by atoms with Crippen LogP contribution in [0.15, 0.2) is 36.4 Å². The van der Waals surface area contributed by atoms with Crippen LogP contribution in [0.1, 0.15) is 26.3 Å². The Labute approximate surface area is 150 Å². The molecule has 0 aliphatic heterocycles. The summed E-state index contributed by atoms with van der Waals surface area (Å²) in [6, 6.07) is 3.58. The molecule has 26 heavy (non-hydrogen) atoms. The van der Waals surface area contributed by atoms with Gasteiger partial charge >= 0.3 is 5.97 Å². The standard InChI is InChI=1S/C16H18F5NO3S/c1-14(2,3)26(25)22-16(13(18)19,10-6-4-5-7-11(10)17)15(20,21)9-8-12(23)24/h4-9,13,22H,1-3H3,(H,23,24)/t16?,26-/m1/s1. The van der Waals surface area contributed by atoms with E-state index >= 15 is 0 Å². The van der Waals surface area contributed by atoms with Crippen LogP contribution in [-0.4, -0.2) is 32.7 Å². The molecule has 0 aliphatic rings. The first kappa shape index (κ1) is 22.4. The molecule has 1 unspecified atom stereocenters. The van der Waals surface area contributed by atoms with Crippen LogP contribution in [0.2, 0.25) is 0 Å². The van der Waals surface area contributed by atoms with Gasteiger partial charge in [0, 0.05) is 23.0 Å². The maximum absolute atomic E-state index is 14.8. The summed E-state index contributed by atoms with van der Waals surface area (Å²) in [7, 11) is 0. The zero-order chi connectivity index (χ0) is 20.3. The average molecular weight is 399 g/mol. The van der Waals surface area contributed by atoms with Crippen LogP contribution in [0.25, 0.3) is 0 Å². The van der Waals surface area contributed by atoms with Crippen LogP contribution < -0.4 is 4.72 Å². The second-order valence-electron chi connectivity index (χ2n) is 6.37. The zero-order valence-corrected chi connectivity index (χ0v) is 14.9. The Morgan fingerprint density at radius 3 is 2.23 bits per heavy atom. The van der Waals surface area contributed by atoms with Gasteiger partial charge in [-0.15, -0.1) is 4.72 Å². The number of halogens is 5. The van der Waals surface area contributed by atoms with E-state index in [2.05, 4.69) is 0 Å². The molecule has 0 bridgehead atoms. The summed E-state index contributed by atoms with van der Waals surface area (Å²) in [6.45, 7) is 4.04. The van der Waals surface area contributed by atoms with Gasteiger partial charge in [-0.3, -0.25) is 0 Å². The van der Waals surface area contributed by atoms with Crippen molar-refractivity contribution in [3.8, 4) is 0 Å². The van der Waals surface area contributed by atoms with E-state index in [1.807, 2.05) is 0 Å². The van der Waals surface area contributed by atoms with Crippen LogP contribution in [0.5, 0.6) is 0 Å². The topological polar surface area (TPSA) is 72.4 Å². The highest BCUT2D eigenvalue weighted by Crippen LogP contribution is 2.45. The first-order valence-electron chi connectivity index (χ1n) is 7.28. The van der Waals surface area contributed by atoms with Gasteiger partial charge in [-0.1, -0.05) is 18.2 Å². The van der Waals surface area contributed by atoms with Gasteiger partial charge in [0.1, 0.15) is 10.6 Å². The van der Waals surface area contributed by atoms with Gasteiger partial charge in [0.2, 0.25) is 5.54 Å². The molecular formula is C16H18F5NO3S. The van der Waals surface area contributed by atoms with Crippen LogP contribution in [0.3, 0.4) is 0 Å². The van der Waals surface area contributed by atoms with Crippen molar-refractivity contribution in [1.29, 1.82) is 0 Å². The quantitative estimate of drug-likeness (QED) is 0.417. The highest BCUT2D eigenvalue weighted by Gasteiger charge is 2.64. The number of carboxylic acids is 1. The maximum Gasteiger partial charge on any atom is 0.328 e. The Morgan fingerprint density at radius 1 is 1.27 bits per heavy atom. The number of rotatable bonds is 7. The lowest BCUT2D eigenvalue weighted by atomic mass is 9.84. The molecule has 0 radical (unpaired) electrons. The van der Waals surface area contributed by atoms with Gasteiger partial charge in [-0.05, 0) is 32.9 Å². The number of benzene rings is 1. The molecule has 1 aromatic carbocycles. The molecule has 146 valence electrons. The molecule has 0 fully saturated rings. The molecule has 0 amide bonds. The van der Waals surface area contributed by atoms with E-state index in [1.165, 1.54) is 20.8 Å². The monoisotopic (exact) mass is 399 g/mol. The van der Waals surface area contributed by atoms with E-state index in [9.17, 15) is 31.3 Å². The fourth-order valence-electron chi connectivity index (χ4n) is 2.00. The number of hydrogen-bond acceptors (Lipinski definition) is 3. The molecular weight excluding hydrogens is 381 g/mol. The fraction of sp³-hybridized carbons (Fsp3) is 0.438. The Balaban J connectivity index is 3.72. The van der Waals surface area contributed by atoms with Gasteiger partial charge < -0.3 is 9.66 Å². The zero-order valence-electron chi connectivity index (χ0n) is 14.1. The minimum Gasteiger partial charge on any atom is -0.598 e. The van der Waals surface area contributed by atoms with E-state index in [0.717, 1.165) is 12.1 Å². The van der Waals surface area contributed by atoms with Crippen molar-refractivity contribution in [2.24, 2.45) is 0 Å². The highest BCUT2D eigenvalue weighted by molar-refractivity contribution is 7.90. The van der Waals surface area contributed by atoms with Crippen molar-refractivity contribution in [1.82, 2.24) is 4.72 Å². The molecule has 0 aliphatic carbocycles. The van der Waals surface area contributed by atoms with Gasteiger partial charge in [-0.25, -0.2) is 18.0 Å². The normalized spacial score (nSPS) is 16.7. The third-order valence-corrected chi connectivity index (χ3v) is 5.02. The van der Waals surface area contributed by atoms with Gasteiger partial charge in [0.15, 0.2) is 0 Å². The number of carboxylic acid groups (broad SMARTS) is 1. The molecule has 4 nitrogen and oxygen atoms in total. The Kier molecular flexibility index (Phi) is 6.83. The van der Waals surface area contributed by atoms with Crippen LogP contribution in [0.4, 0.5) is 22.0 Å². The third-order valence-electron chi connectivity index (χ3n) is 3.40. The molecule has 0 saturated carbocycles. The molecule has 2 N–H and O–H groups in total. The molecule has 0 aromatic heterocycles.